The Labute approximate surface area is 173 Å². The molecule has 9 heteroatoms. The number of rotatable bonds is 5. The van der Waals surface area contributed by atoms with Crippen molar-refractivity contribution in [2.45, 2.75) is 25.3 Å². The van der Waals surface area contributed by atoms with Crippen molar-refractivity contribution in [3.8, 4) is 11.1 Å². The number of Topliss-reactive ketones (excluding diaryl/α,β-unsaturated/α-hetero) is 1. The normalized spacial score (nSPS) is 15.0. The average molecular weight is 402 g/mol. The maximum Gasteiger partial charge on any atom is 0.190 e. The number of piperidine rings is 1. The summed E-state index contributed by atoms with van der Waals surface area (Å²) in [4.78, 5) is 12.7. The van der Waals surface area contributed by atoms with E-state index >= 15 is 0 Å². The Kier molecular flexibility index (Phi) is 4.80. The van der Waals surface area contributed by atoms with E-state index in [1.165, 1.54) is 0 Å². The van der Waals surface area contributed by atoms with E-state index in [4.69, 9.17) is 0 Å². The minimum absolute atomic E-state index is 0.104. The summed E-state index contributed by atoms with van der Waals surface area (Å²) in [6.45, 7) is 1.92. The lowest BCUT2D eigenvalue weighted by atomic mass is 10.1. The number of nitrogens with one attached hydrogen (secondary N) is 1. The van der Waals surface area contributed by atoms with Crippen molar-refractivity contribution in [2.24, 2.45) is 7.05 Å². The summed E-state index contributed by atoms with van der Waals surface area (Å²) in [6.07, 6.45) is 7.68. The maximum absolute atomic E-state index is 12.7. The summed E-state index contributed by atoms with van der Waals surface area (Å²) in [7, 11) is 1.89. The number of carbonyl (C=O) groups excluding carboxylic acids is 1. The highest BCUT2D eigenvalue weighted by atomic mass is 16.1. The fourth-order valence-electron chi connectivity index (χ4n) is 3.83. The van der Waals surface area contributed by atoms with E-state index in [1.807, 2.05) is 48.4 Å². The smallest absolute Gasteiger partial charge is 0.190 e. The topological polar surface area (TPSA) is 103 Å². The van der Waals surface area contributed by atoms with Gasteiger partial charge in [-0.15, -0.1) is 5.10 Å². The first-order chi connectivity index (χ1) is 14.7. The van der Waals surface area contributed by atoms with Gasteiger partial charge in [-0.2, -0.15) is 15.3 Å². The second kappa shape index (κ2) is 7.75. The molecule has 4 aromatic rings. The SMILES string of the molecule is Cn1cc(-c2ccc3nnc(CC(=O)c4cn(C5CCNCC5)nn4)cc3c2)cn1. The molecule has 0 radical (unpaired) electrons. The molecule has 152 valence electrons. The highest BCUT2D eigenvalue weighted by molar-refractivity contribution is 5.95. The van der Waals surface area contributed by atoms with Gasteiger partial charge in [-0.25, -0.2) is 4.68 Å². The Hall–Kier alpha value is -3.46. The van der Waals surface area contributed by atoms with Gasteiger partial charge in [0, 0.05) is 24.2 Å². The Morgan fingerprint density at radius 1 is 1.10 bits per heavy atom. The lowest BCUT2D eigenvalue weighted by Gasteiger charge is -2.22. The van der Waals surface area contributed by atoms with Crippen molar-refractivity contribution in [3.63, 3.8) is 0 Å². The van der Waals surface area contributed by atoms with Crippen molar-refractivity contribution in [3.05, 3.63) is 54.2 Å². The molecule has 30 heavy (non-hydrogen) atoms. The monoisotopic (exact) mass is 402 g/mol. The first kappa shape index (κ1) is 18.6. The molecule has 3 aromatic heterocycles. The summed E-state index contributed by atoms with van der Waals surface area (Å²) in [5, 5.41) is 25.3. The number of aromatic nitrogens is 7. The van der Waals surface area contributed by atoms with Crippen LogP contribution in [0, 0.1) is 0 Å². The Morgan fingerprint density at radius 3 is 2.77 bits per heavy atom. The van der Waals surface area contributed by atoms with Gasteiger partial charge < -0.3 is 5.32 Å². The number of aryl methyl sites for hydroxylation is 1. The third kappa shape index (κ3) is 3.71. The summed E-state index contributed by atoms with van der Waals surface area (Å²) >= 11 is 0. The molecular formula is C21H22N8O. The first-order valence-electron chi connectivity index (χ1n) is 10.1. The van der Waals surface area contributed by atoms with Gasteiger partial charge in [0.1, 0.15) is 5.69 Å². The Balaban J connectivity index is 1.35. The van der Waals surface area contributed by atoms with Gasteiger partial charge in [0.05, 0.1) is 36.1 Å². The van der Waals surface area contributed by atoms with Crippen LogP contribution in [0.2, 0.25) is 0 Å². The zero-order valence-electron chi connectivity index (χ0n) is 16.7. The van der Waals surface area contributed by atoms with Crippen LogP contribution in [0.4, 0.5) is 0 Å². The van der Waals surface area contributed by atoms with Crippen molar-refractivity contribution in [1.29, 1.82) is 0 Å². The van der Waals surface area contributed by atoms with Crippen LogP contribution in [0.5, 0.6) is 0 Å². The predicted molar refractivity (Wildman–Crippen MR) is 111 cm³/mol. The Bertz CT molecular complexity index is 1200. The minimum atomic E-state index is -0.104. The molecule has 1 aromatic carbocycles. The van der Waals surface area contributed by atoms with Crippen LogP contribution >= 0.6 is 0 Å². The molecular weight excluding hydrogens is 380 g/mol. The van der Waals surface area contributed by atoms with Crippen molar-refractivity contribution >= 4 is 16.7 Å². The molecule has 0 aliphatic carbocycles. The minimum Gasteiger partial charge on any atom is -0.317 e. The number of nitrogens with zero attached hydrogens (tertiary/aromatic N) is 7. The van der Waals surface area contributed by atoms with Crippen LogP contribution in [-0.2, 0) is 13.5 Å². The van der Waals surface area contributed by atoms with E-state index in [0.29, 0.717) is 17.4 Å². The summed E-state index contributed by atoms with van der Waals surface area (Å²) < 4.78 is 3.59. The first-order valence-corrected chi connectivity index (χ1v) is 10.1. The fraction of sp³-hybridized carbons (Fsp3) is 0.333. The maximum atomic E-state index is 12.7. The zero-order chi connectivity index (χ0) is 20.5. The fourth-order valence-corrected chi connectivity index (χ4v) is 3.83. The van der Waals surface area contributed by atoms with E-state index < -0.39 is 0 Å². The van der Waals surface area contributed by atoms with Gasteiger partial charge in [-0.05, 0) is 49.7 Å². The van der Waals surface area contributed by atoms with E-state index in [2.05, 4.69) is 30.9 Å². The molecule has 0 amide bonds. The second-order valence-electron chi connectivity index (χ2n) is 7.68. The molecule has 0 saturated carbocycles. The van der Waals surface area contributed by atoms with Crippen molar-refractivity contribution in [1.82, 2.24) is 40.3 Å². The second-order valence-corrected chi connectivity index (χ2v) is 7.68. The standard InChI is InChI=1S/C21H22N8O/c1-28-12-16(11-23-28)14-2-3-19-15(8-14)9-17(24-25-19)10-21(30)20-13-29(27-26-20)18-4-6-22-7-5-18/h2-3,8-9,11-13,18,22H,4-7,10H2,1H3. The average Bonchev–Trinajstić information content (AvgIpc) is 3.43. The van der Waals surface area contributed by atoms with Crippen LogP contribution in [0.25, 0.3) is 22.0 Å². The molecule has 0 spiro atoms. The van der Waals surface area contributed by atoms with Crippen molar-refractivity contribution < 1.29 is 4.79 Å². The lowest BCUT2D eigenvalue weighted by Crippen LogP contribution is -2.29. The van der Waals surface area contributed by atoms with Gasteiger partial charge in [0.2, 0.25) is 0 Å². The molecule has 5 rings (SSSR count). The molecule has 0 bridgehead atoms. The number of hydrogen-bond donors (Lipinski definition) is 1. The van der Waals surface area contributed by atoms with Gasteiger partial charge >= 0.3 is 0 Å². The third-order valence-electron chi connectivity index (χ3n) is 5.49. The van der Waals surface area contributed by atoms with E-state index in [1.54, 1.807) is 10.9 Å². The van der Waals surface area contributed by atoms with Crippen LogP contribution < -0.4 is 5.32 Å². The third-order valence-corrected chi connectivity index (χ3v) is 5.49. The van der Waals surface area contributed by atoms with Gasteiger partial charge in [0.15, 0.2) is 5.78 Å². The molecule has 0 unspecified atom stereocenters. The number of fused-ring (bicyclic) bond motifs is 1. The zero-order valence-corrected chi connectivity index (χ0v) is 16.7. The molecule has 1 fully saturated rings. The molecule has 0 atom stereocenters. The number of carbonyl (C=O) groups is 1. The van der Waals surface area contributed by atoms with E-state index in [0.717, 1.165) is 48.0 Å². The summed E-state index contributed by atoms with van der Waals surface area (Å²) in [5.74, 6) is -0.104. The molecule has 1 saturated heterocycles. The largest absolute Gasteiger partial charge is 0.317 e. The molecule has 1 aliphatic rings. The van der Waals surface area contributed by atoms with Crippen molar-refractivity contribution in [2.75, 3.05) is 13.1 Å². The predicted octanol–water partition coefficient (Wildman–Crippen LogP) is 1.97. The molecule has 4 heterocycles. The van der Waals surface area contributed by atoms with E-state index in [-0.39, 0.29) is 12.2 Å². The van der Waals surface area contributed by atoms with E-state index in [9.17, 15) is 4.79 Å². The number of benzene rings is 1. The quantitative estimate of drug-likeness (QED) is 0.509. The number of ketones is 1. The summed E-state index contributed by atoms with van der Waals surface area (Å²) in [6, 6.07) is 8.19. The van der Waals surface area contributed by atoms with Gasteiger partial charge in [0.25, 0.3) is 0 Å². The molecule has 9 nitrogen and oxygen atoms in total. The molecule has 1 N–H and O–H groups in total. The highest BCUT2D eigenvalue weighted by Gasteiger charge is 2.19. The van der Waals surface area contributed by atoms with Crippen LogP contribution in [0.3, 0.4) is 0 Å². The van der Waals surface area contributed by atoms with Crippen LogP contribution in [0.15, 0.2) is 42.9 Å². The highest BCUT2D eigenvalue weighted by Crippen LogP contribution is 2.23. The van der Waals surface area contributed by atoms with Crippen LogP contribution in [0.1, 0.15) is 35.1 Å². The number of hydrogen-bond acceptors (Lipinski definition) is 7. The lowest BCUT2D eigenvalue weighted by molar-refractivity contribution is 0.0987. The van der Waals surface area contributed by atoms with Gasteiger partial charge in [-0.3, -0.25) is 9.48 Å². The van der Waals surface area contributed by atoms with Gasteiger partial charge in [-0.1, -0.05) is 11.3 Å². The molecule has 1 aliphatic heterocycles. The Morgan fingerprint density at radius 2 is 1.97 bits per heavy atom. The summed E-state index contributed by atoms with van der Waals surface area (Å²) in [5.41, 5.74) is 3.86. The van der Waals surface area contributed by atoms with Crippen LogP contribution in [-0.4, -0.2) is 53.8 Å².